The maximum Gasteiger partial charge on any atom is 0.280 e. The van der Waals surface area contributed by atoms with Gasteiger partial charge in [-0.2, -0.15) is 5.10 Å². The molecule has 0 spiro atoms. The summed E-state index contributed by atoms with van der Waals surface area (Å²) < 4.78 is 47.7. The highest BCUT2D eigenvalue weighted by Gasteiger charge is 2.19. The Morgan fingerprint density at radius 3 is 2.52 bits per heavy atom. The Labute approximate surface area is 260 Å². The second-order valence-corrected chi connectivity index (χ2v) is 9.90. The van der Waals surface area contributed by atoms with Gasteiger partial charge >= 0.3 is 0 Å². The molecule has 0 aliphatic heterocycles. The summed E-state index contributed by atoms with van der Waals surface area (Å²) in [7, 11) is 1.44. The predicted octanol–water partition coefficient (Wildman–Crippen LogP) is 5.08. The number of aryl methyl sites for hydroxylation is 1. The third-order valence-corrected chi connectivity index (χ3v) is 6.74. The van der Waals surface area contributed by atoms with E-state index in [1.165, 1.54) is 62.8 Å². The molecule has 3 N–H and O–H groups in total. The largest absolute Gasteiger partial charge is 0.493 e. The number of amides is 2. The van der Waals surface area contributed by atoms with Crippen LogP contribution < -0.4 is 30.4 Å². The van der Waals surface area contributed by atoms with E-state index in [1.54, 1.807) is 23.7 Å². The van der Waals surface area contributed by atoms with Crippen LogP contribution in [0.1, 0.15) is 28.9 Å². The molecular formula is C32H27F2N5O7. The third-order valence-electron chi connectivity index (χ3n) is 6.74. The molecule has 5 rings (SSSR count). The molecule has 0 bridgehead atoms. The molecule has 0 fully saturated rings. The van der Waals surface area contributed by atoms with Crippen molar-refractivity contribution in [2.75, 3.05) is 19.0 Å². The van der Waals surface area contributed by atoms with Crippen LogP contribution in [0, 0.1) is 18.6 Å². The van der Waals surface area contributed by atoms with Crippen LogP contribution in [-0.4, -0.2) is 45.5 Å². The maximum absolute atomic E-state index is 15.2. The van der Waals surface area contributed by atoms with Crippen LogP contribution >= 0.6 is 0 Å². The van der Waals surface area contributed by atoms with Crippen molar-refractivity contribution in [3.05, 3.63) is 106 Å². The number of hydroxylamine groups is 1. The molecular weight excluding hydrogens is 604 g/mol. The number of carbonyl (C=O) groups is 2. The molecule has 2 heterocycles. The summed E-state index contributed by atoms with van der Waals surface area (Å²) in [5, 5.41) is 15.6. The van der Waals surface area contributed by atoms with Crippen LogP contribution in [0.3, 0.4) is 0 Å². The molecule has 46 heavy (non-hydrogen) atoms. The first-order chi connectivity index (χ1) is 22.2. The van der Waals surface area contributed by atoms with E-state index in [0.29, 0.717) is 28.8 Å². The van der Waals surface area contributed by atoms with Gasteiger partial charge in [0.2, 0.25) is 11.3 Å². The zero-order valence-electron chi connectivity index (χ0n) is 24.5. The van der Waals surface area contributed by atoms with Crippen molar-refractivity contribution in [3.8, 4) is 28.7 Å². The number of benzene rings is 3. The van der Waals surface area contributed by atoms with E-state index in [-0.39, 0.29) is 41.5 Å². The fraction of sp³-hybridized carbons (Fsp3) is 0.156. The Morgan fingerprint density at radius 2 is 1.78 bits per heavy atom. The fourth-order valence-electron chi connectivity index (χ4n) is 4.45. The Morgan fingerprint density at radius 1 is 0.978 bits per heavy atom. The van der Waals surface area contributed by atoms with Gasteiger partial charge in [0.25, 0.3) is 5.91 Å². The Bertz CT molecular complexity index is 2000. The molecule has 0 saturated carbocycles. The number of para-hydroxylation sites is 1. The molecule has 12 nitrogen and oxygen atoms in total. The van der Waals surface area contributed by atoms with Crippen LogP contribution in [0.15, 0.2) is 77.9 Å². The van der Waals surface area contributed by atoms with Crippen molar-refractivity contribution in [1.82, 2.24) is 20.2 Å². The molecule has 14 heteroatoms. The van der Waals surface area contributed by atoms with E-state index >= 15 is 4.39 Å². The number of hydrogen-bond donors (Lipinski definition) is 3. The third kappa shape index (κ3) is 6.92. The van der Waals surface area contributed by atoms with E-state index in [0.717, 1.165) is 10.7 Å². The zero-order chi connectivity index (χ0) is 32.8. The summed E-state index contributed by atoms with van der Waals surface area (Å²) in [5.41, 5.74) is 1.08. The van der Waals surface area contributed by atoms with Crippen LogP contribution in [0.4, 0.5) is 14.5 Å². The number of hydrogen-bond acceptors (Lipinski definition) is 9. The number of halogens is 2. The van der Waals surface area contributed by atoms with Gasteiger partial charge < -0.3 is 19.5 Å². The Hall–Kier alpha value is -5.89. The van der Waals surface area contributed by atoms with Gasteiger partial charge in [0.15, 0.2) is 28.8 Å². The standard InChI is InChI=1S/C32H27F2N5O7/c1-18-17-39(24-7-4-3-6-21(24)33)37-30(31(18)41)32(42)36-19-9-10-26(22(34)14-19)46-25-11-12-35-23-16-28(27(44-2)15-20(23)25)45-13-5-8-29(40)38-43/h3-4,6-7,9-12,14-17,43H,5,8,13H2,1-2H3,(H,36,42)(H,38,40). The lowest BCUT2D eigenvalue weighted by atomic mass is 10.1. The molecule has 0 unspecified atom stereocenters. The average Bonchev–Trinajstić information content (AvgIpc) is 3.05. The van der Waals surface area contributed by atoms with Crippen LogP contribution in [-0.2, 0) is 4.79 Å². The lowest BCUT2D eigenvalue weighted by Gasteiger charge is -2.14. The smallest absolute Gasteiger partial charge is 0.280 e. The van der Waals surface area contributed by atoms with Crippen molar-refractivity contribution in [1.29, 1.82) is 0 Å². The summed E-state index contributed by atoms with van der Waals surface area (Å²) in [6, 6.07) is 14.2. The number of ether oxygens (including phenoxy) is 3. The molecule has 0 saturated heterocycles. The summed E-state index contributed by atoms with van der Waals surface area (Å²) >= 11 is 0. The number of rotatable bonds is 11. The van der Waals surface area contributed by atoms with Crippen molar-refractivity contribution in [2.45, 2.75) is 19.8 Å². The fourth-order valence-corrected chi connectivity index (χ4v) is 4.45. The van der Waals surface area contributed by atoms with Crippen LogP contribution in [0.5, 0.6) is 23.0 Å². The predicted molar refractivity (Wildman–Crippen MR) is 162 cm³/mol. The van der Waals surface area contributed by atoms with Crippen molar-refractivity contribution < 1.29 is 37.8 Å². The van der Waals surface area contributed by atoms with Crippen molar-refractivity contribution >= 4 is 28.4 Å². The maximum atomic E-state index is 15.2. The van der Waals surface area contributed by atoms with Gasteiger partial charge in [0.05, 0.1) is 19.2 Å². The Balaban J connectivity index is 1.34. The first-order valence-corrected chi connectivity index (χ1v) is 13.8. The van der Waals surface area contributed by atoms with Gasteiger partial charge in [-0.15, -0.1) is 0 Å². The minimum absolute atomic E-state index is 0.0227. The molecule has 5 aromatic rings. The van der Waals surface area contributed by atoms with Crippen LogP contribution in [0.25, 0.3) is 16.6 Å². The highest BCUT2D eigenvalue weighted by atomic mass is 19.1. The van der Waals surface area contributed by atoms with E-state index < -0.39 is 34.6 Å². The van der Waals surface area contributed by atoms with Crippen LogP contribution in [0.2, 0.25) is 0 Å². The lowest BCUT2D eigenvalue weighted by molar-refractivity contribution is -0.129. The quantitative estimate of drug-likeness (QED) is 0.103. The lowest BCUT2D eigenvalue weighted by Crippen LogP contribution is -2.27. The summed E-state index contributed by atoms with van der Waals surface area (Å²) in [5.74, 6) is -2.07. The molecule has 0 radical (unpaired) electrons. The van der Waals surface area contributed by atoms with Gasteiger partial charge in [-0.05, 0) is 49.7 Å². The minimum atomic E-state index is -0.909. The molecule has 2 amide bonds. The second-order valence-electron chi connectivity index (χ2n) is 9.90. The molecule has 2 aromatic heterocycles. The number of carbonyl (C=O) groups excluding carboxylic acids is 2. The number of nitrogens with zero attached hydrogens (tertiary/aromatic N) is 3. The van der Waals surface area contributed by atoms with Gasteiger partial charge in [-0.25, -0.2) is 18.9 Å². The van der Waals surface area contributed by atoms with E-state index in [4.69, 9.17) is 19.4 Å². The summed E-state index contributed by atoms with van der Waals surface area (Å²) in [6.45, 7) is 1.64. The minimum Gasteiger partial charge on any atom is -0.493 e. The Kier molecular flexibility index (Phi) is 9.47. The summed E-state index contributed by atoms with van der Waals surface area (Å²) in [6.07, 6.45) is 3.19. The number of fused-ring (bicyclic) bond motifs is 1. The molecule has 0 aliphatic rings. The summed E-state index contributed by atoms with van der Waals surface area (Å²) in [4.78, 5) is 41.2. The highest BCUT2D eigenvalue weighted by Crippen LogP contribution is 2.38. The SMILES string of the molecule is COc1cc2c(Oc3ccc(NC(=O)c4nn(-c5ccccc5F)cc(C)c4=O)cc3F)ccnc2cc1OCCCC(=O)NO. The number of nitrogens with one attached hydrogen (secondary N) is 2. The van der Waals surface area contributed by atoms with Crippen molar-refractivity contribution in [3.63, 3.8) is 0 Å². The number of methoxy groups -OCH3 is 1. The normalized spacial score (nSPS) is 10.8. The van der Waals surface area contributed by atoms with Gasteiger partial charge in [0, 0.05) is 47.6 Å². The highest BCUT2D eigenvalue weighted by molar-refractivity contribution is 6.02. The molecule has 3 aromatic carbocycles. The first kappa shape index (κ1) is 31.5. The number of pyridine rings is 1. The van der Waals surface area contributed by atoms with E-state index in [9.17, 15) is 18.8 Å². The number of anilines is 1. The second kappa shape index (κ2) is 13.8. The monoisotopic (exact) mass is 631 g/mol. The molecule has 0 aliphatic carbocycles. The van der Waals surface area contributed by atoms with Crippen molar-refractivity contribution in [2.24, 2.45) is 0 Å². The first-order valence-electron chi connectivity index (χ1n) is 13.8. The van der Waals surface area contributed by atoms with E-state index in [1.807, 2.05) is 0 Å². The van der Waals surface area contributed by atoms with Gasteiger partial charge in [0.1, 0.15) is 17.3 Å². The zero-order valence-corrected chi connectivity index (χ0v) is 24.5. The molecule has 0 atom stereocenters. The van der Waals surface area contributed by atoms with Gasteiger partial charge in [-0.3, -0.25) is 24.6 Å². The number of aromatic nitrogens is 3. The van der Waals surface area contributed by atoms with Gasteiger partial charge in [-0.1, -0.05) is 12.1 Å². The topological polar surface area (TPSA) is 154 Å². The van der Waals surface area contributed by atoms with E-state index in [2.05, 4.69) is 15.4 Å². The molecule has 236 valence electrons. The average molecular weight is 632 g/mol.